The van der Waals surface area contributed by atoms with Gasteiger partial charge in [-0.15, -0.1) is 0 Å². The van der Waals surface area contributed by atoms with Crippen LogP contribution in [0.4, 0.5) is 0 Å². The van der Waals surface area contributed by atoms with E-state index in [1.165, 1.54) is 0 Å². The van der Waals surface area contributed by atoms with Crippen molar-refractivity contribution in [2.24, 2.45) is 7.05 Å². The number of alkyl halides is 1. The van der Waals surface area contributed by atoms with E-state index in [1.807, 2.05) is 7.05 Å². The average molecular weight is 331 g/mol. The highest BCUT2D eigenvalue weighted by Crippen LogP contribution is 2.38. The van der Waals surface area contributed by atoms with Crippen molar-refractivity contribution < 1.29 is 0 Å². The summed E-state index contributed by atoms with van der Waals surface area (Å²) in [7, 11) is 1.83. The molecule has 0 unspecified atom stereocenters. The molecule has 0 atom stereocenters. The quantitative estimate of drug-likeness (QED) is 0.585. The molecule has 1 aromatic rings. The lowest BCUT2D eigenvalue weighted by Crippen LogP contribution is -2.20. The lowest BCUT2D eigenvalue weighted by Gasteiger charge is -2.24. The summed E-state index contributed by atoms with van der Waals surface area (Å²) >= 11 is 2.37. The zero-order valence-electron chi connectivity index (χ0n) is 10.7. The molecule has 3 nitrogen and oxygen atoms in total. The van der Waals surface area contributed by atoms with Crippen molar-refractivity contribution in [3.63, 3.8) is 0 Å². The fourth-order valence-electron chi connectivity index (χ4n) is 1.78. The monoisotopic (exact) mass is 331 g/mol. The predicted octanol–water partition coefficient (Wildman–Crippen LogP) is 3.26. The molecular weight excluding hydrogens is 313 g/mol. The van der Waals surface area contributed by atoms with Crippen molar-refractivity contribution in [3.05, 3.63) is 17.0 Å². The van der Waals surface area contributed by atoms with Gasteiger partial charge in [-0.05, 0) is 19.3 Å². The van der Waals surface area contributed by atoms with Gasteiger partial charge in [0.15, 0.2) is 0 Å². The Kier molecular flexibility index (Phi) is 3.39. The van der Waals surface area contributed by atoms with Gasteiger partial charge in [0.2, 0.25) is 0 Å². The summed E-state index contributed by atoms with van der Waals surface area (Å²) in [5.41, 5.74) is 2.70. The molecule has 0 spiro atoms. The van der Waals surface area contributed by atoms with E-state index in [4.69, 9.17) is 0 Å². The number of hydrogen-bond donors (Lipinski definition) is 0. The molecular formula is C12H18IN3. The van der Waals surface area contributed by atoms with Crippen LogP contribution in [-0.4, -0.2) is 9.78 Å². The van der Waals surface area contributed by atoms with Gasteiger partial charge in [0, 0.05) is 12.6 Å². The summed E-state index contributed by atoms with van der Waals surface area (Å²) < 4.78 is 1.63. The van der Waals surface area contributed by atoms with E-state index in [0.717, 1.165) is 11.3 Å². The van der Waals surface area contributed by atoms with Gasteiger partial charge in [-0.3, -0.25) is 4.68 Å². The highest BCUT2D eigenvalue weighted by molar-refractivity contribution is 14.1. The molecule has 0 aliphatic rings. The molecule has 0 saturated heterocycles. The number of aromatic nitrogens is 2. The molecule has 0 bridgehead atoms. The van der Waals surface area contributed by atoms with Crippen LogP contribution in [0.1, 0.15) is 51.6 Å². The molecule has 0 amide bonds. The van der Waals surface area contributed by atoms with Crippen LogP contribution < -0.4 is 0 Å². The third kappa shape index (κ3) is 2.40. The molecule has 0 radical (unpaired) electrons. The number of nitriles is 1. The van der Waals surface area contributed by atoms with Crippen LogP contribution >= 0.6 is 22.6 Å². The summed E-state index contributed by atoms with van der Waals surface area (Å²) in [6, 6.07) is 2.26. The fourth-order valence-corrected chi connectivity index (χ4v) is 2.16. The Hall–Kier alpha value is -0.570. The maximum absolute atomic E-state index is 9.23. The predicted molar refractivity (Wildman–Crippen MR) is 73.7 cm³/mol. The molecule has 16 heavy (non-hydrogen) atoms. The smallest absolute Gasteiger partial charge is 0.142 e. The van der Waals surface area contributed by atoms with Gasteiger partial charge < -0.3 is 0 Å². The molecule has 0 saturated carbocycles. The summed E-state index contributed by atoms with van der Waals surface area (Å²) in [6.45, 7) is 10.6. The first-order valence-electron chi connectivity index (χ1n) is 5.26. The van der Waals surface area contributed by atoms with Crippen molar-refractivity contribution in [2.75, 3.05) is 0 Å². The van der Waals surface area contributed by atoms with Crippen molar-refractivity contribution in [2.45, 2.75) is 43.5 Å². The third-order valence-electron chi connectivity index (χ3n) is 2.47. The number of rotatable bonds is 1. The van der Waals surface area contributed by atoms with Crippen LogP contribution in [0, 0.1) is 11.3 Å². The molecule has 0 N–H and O–H groups in total. The van der Waals surface area contributed by atoms with Crippen LogP contribution in [-0.2, 0) is 15.9 Å². The van der Waals surface area contributed by atoms with E-state index < -0.39 is 0 Å². The number of aryl methyl sites for hydroxylation is 1. The van der Waals surface area contributed by atoms with Gasteiger partial charge in [0.05, 0.1) is 9.12 Å². The van der Waals surface area contributed by atoms with Crippen LogP contribution in [0.3, 0.4) is 0 Å². The summed E-state index contributed by atoms with van der Waals surface area (Å²) in [5, 5.41) is 13.7. The second-order valence-electron chi connectivity index (χ2n) is 5.53. The third-order valence-corrected chi connectivity index (χ3v) is 2.98. The largest absolute Gasteiger partial charge is 0.257 e. The van der Waals surface area contributed by atoms with E-state index in [0.29, 0.717) is 5.69 Å². The molecule has 88 valence electrons. The molecule has 0 aliphatic heterocycles. The minimum atomic E-state index is -0.0623. The van der Waals surface area contributed by atoms with Gasteiger partial charge in [-0.1, -0.05) is 43.4 Å². The Morgan fingerprint density at radius 3 is 2.06 bits per heavy atom. The Bertz CT molecular complexity index is 439. The van der Waals surface area contributed by atoms with E-state index in [1.54, 1.807) is 4.68 Å². The lowest BCUT2D eigenvalue weighted by atomic mass is 9.83. The van der Waals surface area contributed by atoms with Gasteiger partial charge in [-0.25, -0.2) is 0 Å². The summed E-state index contributed by atoms with van der Waals surface area (Å²) in [4.78, 5) is 0. The minimum absolute atomic E-state index is 0.0584. The second-order valence-corrected chi connectivity index (χ2v) is 8.23. The van der Waals surface area contributed by atoms with Crippen molar-refractivity contribution >= 4 is 22.6 Å². The second kappa shape index (κ2) is 4.02. The molecule has 0 aromatic carbocycles. The van der Waals surface area contributed by atoms with Crippen molar-refractivity contribution in [1.82, 2.24) is 9.78 Å². The van der Waals surface area contributed by atoms with Crippen LogP contribution in [0.5, 0.6) is 0 Å². The van der Waals surface area contributed by atoms with Crippen molar-refractivity contribution in [1.29, 1.82) is 5.26 Å². The standard InChI is InChI=1S/C12H18IN3/c1-11(2,3)9-8(7-14)16(6)15-10(9)12(4,5)13/h1-6H3. The maximum Gasteiger partial charge on any atom is 0.142 e. The van der Waals surface area contributed by atoms with Gasteiger partial charge >= 0.3 is 0 Å². The zero-order chi connectivity index (χ0) is 12.7. The Morgan fingerprint density at radius 2 is 1.75 bits per heavy atom. The SMILES string of the molecule is Cn1nc(C(C)(C)I)c(C(C)(C)C)c1C#N. The molecule has 0 aliphatic carbocycles. The van der Waals surface area contributed by atoms with Gasteiger partial charge in [0.25, 0.3) is 0 Å². The van der Waals surface area contributed by atoms with E-state index in [9.17, 15) is 5.26 Å². The van der Waals surface area contributed by atoms with Gasteiger partial charge in [-0.2, -0.15) is 10.4 Å². The molecule has 0 fully saturated rings. The molecule has 1 heterocycles. The maximum atomic E-state index is 9.23. The first-order valence-corrected chi connectivity index (χ1v) is 6.34. The van der Waals surface area contributed by atoms with Crippen molar-refractivity contribution in [3.8, 4) is 6.07 Å². The topological polar surface area (TPSA) is 41.6 Å². The minimum Gasteiger partial charge on any atom is -0.257 e. The van der Waals surface area contributed by atoms with E-state index in [-0.39, 0.29) is 8.84 Å². The van der Waals surface area contributed by atoms with Crippen LogP contribution in [0.25, 0.3) is 0 Å². The number of nitrogens with zero attached hydrogens (tertiary/aromatic N) is 3. The number of halogens is 1. The van der Waals surface area contributed by atoms with Crippen LogP contribution in [0.15, 0.2) is 0 Å². The Morgan fingerprint density at radius 1 is 1.25 bits per heavy atom. The highest BCUT2D eigenvalue weighted by atomic mass is 127. The fraction of sp³-hybridized carbons (Fsp3) is 0.667. The van der Waals surface area contributed by atoms with E-state index >= 15 is 0 Å². The highest BCUT2D eigenvalue weighted by Gasteiger charge is 2.33. The summed E-state index contributed by atoms with van der Waals surface area (Å²) in [6.07, 6.45) is 0. The zero-order valence-corrected chi connectivity index (χ0v) is 12.9. The average Bonchev–Trinajstić information content (AvgIpc) is 2.40. The number of hydrogen-bond acceptors (Lipinski definition) is 2. The Balaban J connectivity index is 3.61. The first kappa shape index (κ1) is 13.5. The normalized spacial score (nSPS) is 12.6. The van der Waals surface area contributed by atoms with E-state index in [2.05, 4.69) is 68.4 Å². The van der Waals surface area contributed by atoms with Crippen LogP contribution in [0.2, 0.25) is 0 Å². The Labute approximate surface area is 111 Å². The molecule has 1 rings (SSSR count). The van der Waals surface area contributed by atoms with Gasteiger partial charge in [0.1, 0.15) is 11.8 Å². The molecule has 1 aromatic heterocycles. The summed E-state index contributed by atoms with van der Waals surface area (Å²) in [5.74, 6) is 0. The lowest BCUT2D eigenvalue weighted by molar-refractivity contribution is 0.572. The molecule has 4 heteroatoms. The first-order chi connectivity index (χ1) is 7.09.